The molecule has 2 aromatic carbocycles. The van der Waals surface area contributed by atoms with Crippen molar-refractivity contribution in [3.05, 3.63) is 46.9 Å². The molecule has 10 nitrogen and oxygen atoms in total. The summed E-state index contributed by atoms with van der Waals surface area (Å²) in [6.45, 7) is 4.55. The van der Waals surface area contributed by atoms with E-state index in [0.717, 1.165) is 49.6 Å². The minimum atomic E-state index is -4.20. The van der Waals surface area contributed by atoms with E-state index in [0.29, 0.717) is 36.3 Å². The van der Waals surface area contributed by atoms with Gasteiger partial charge in [-0.25, -0.2) is 12.8 Å². The van der Waals surface area contributed by atoms with Crippen molar-refractivity contribution < 1.29 is 22.7 Å². The molecule has 7 rings (SSSR count). The summed E-state index contributed by atoms with van der Waals surface area (Å²) in [5.74, 6) is 2.01. The van der Waals surface area contributed by atoms with E-state index in [4.69, 9.17) is 16.1 Å². The van der Waals surface area contributed by atoms with Crippen LogP contribution in [0.3, 0.4) is 0 Å². The monoisotopic (exact) mass is 632 g/mol. The second-order valence-electron chi connectivity index (χ2n) is 13.3. The number of fused-ring (bicyclic) bond motifs is 2. The molecule has 0 amide bonds. The Kier molecular flexibility index (Phi) is 7.00. The summed E-state index contributed by atoms with van der Waals surface area (Å²) in [5.41, 5.74) is 0.900. The molecule has 3 fully saturated rings. The molecule has 45 heavy (non-hydrogen) atoms. The van der Waals surface area contributed by atoms with Crippen molar-refractivity contribution >= 4 is 38.4 Å². The van der Waals surface area contributed by atoms with Crippen molar-refractivity contribution in [1.82, 2.24) is 24.5 Å². The van der Waals surface area contributed by atoms with Crippen molar-refractivity contribution in [2.24, 2.45) is 10.8 Å². The Bertz CT molecular complexity index is 1890. The molecule has 1 aliphatic carbocycles. The zero-order valence-corrected chi connectivity index (χ0v) is 26.5. The number of benzene rings is 2. The standard InChI is InChI=1S/C33H37FN6O4S/c1-5-23-25(34)7-6-21-14-22(41)15-24(28(21)23)27-16-26-29(45(42,43)39(27)4)30(40-12-10-32(11-13-40)17-35-18-32)37-31(36-26)44-20-33(8-9-33)19-38(2)3/h1,6-7,14-16,35,41H,8-13,17-20H2,2-4H3. The van der Waals surface area contributed by atoms with Crippen LogP contribution in [0, 0.1) is 29.0 Å². The topological polar surface area (TPSA) is 111 Å². The summed E-state index contributed by atoms with van der Waals surface area (Å²) in [7, 11) is 1.30. The van der Waals surface area contributed by atoms with E-state index in [2.05, 4.69) is 21.1 Å². The van der Waals surface area contributed by atoms with E-state index in [1.54, 1.807) is 6.08 Å². The van der Waals surface area contributed by atoms with E-state index < -0.39 is 15.8 Å². The maximum Gasteiger partial charge on any atom is 0.319 e. The Morgan fingerprint density at radius 1 is 1.16 bits per heavy atom. The zero-order valence-electron chi connectivity index (χ0n) is 25.7. The smallest absolute Gasteiger partial charge is 0.319 e. The molecule has 2 saturated heterocycles. The van der Waals surface area contributed by atoms with Crippen LogP contribution in [0.4, 0.5) is 10.2 Å². The minimum Gasteiger partial charge on any atom is -0.508 e. The number of anilines is 1. The molecule has 0 atom stereocenters. The second-order valence-corrected chi connectivity index (χ2v) is 15.2. The lowest BCUT2D eigenvalue weighted by molar-refractivity contribution is 0.125. The Labute approximate surface area is 262 Å². The highest BCUT2D eigenvalue weighted by atomic mass is 32.2. The number of rotatable bonds is 7. The number of aromatic nitrogens is 2. The molecule has 236 valence electrons. The number of aromatic hydroxyl groups is 1. The fourth-order valence-corrected chi connectivity index (χ4v) is 8.46. The first-order valence-electron chi connectivity index (χ1n) is 15.2. The van der Waals surface area contributed by atoms with Gasteiger partial charge in [0.1, 0.15) is 11.6 Å². The van der Waals surface area contributed by atoms with Crippen LogP contribution in [0.5, 0.6) is 11.8 Å². The van der Waals surface area contributed by atoms with Crippen molar-refractivity contribution in [3.63, 3.8) is 0 Å². The van der Waals surface area contributed by atoms with Gasteiger partial charge in [0, 0.05) is 56.1 Å². The summed E-state index contributed by atoms with van der Waals surface area (Å²) in [4.78, 5) is 13.6. The van der Waals surface area contributed by atoms with Gasteiger partial charge < -0.3 is 25.0 Å². The number of nitrogens with zero attached hydrogens (tertiary/aromatic N) is 5. The van der Waals surface area contributed by atoms with Gasteiger partial charge in [-0.15, -0.1) is 6.42 Å². The molecule has 3 aromatic rings. The van der Waals surface area contributed by atoms with Crippen molar-refractivity contribution in [2.45, 2.75) is 30.6 Å². The van der Waals surface area contributed by atoms with Gasteiger partial charge in [0.05, 0.1) is 23.6 Å². The van der Waals surface area contributed by atoms with Crippen molar-refractivity contribution in [1.29, 1.82) is 0 Å². The number of halogens is 1. The molecule has 2 N–H and O–H groups in total. The van der Waals surface area contributed by atoms with Crippen LogP contribution in [0.25, 0.3) is 22.5 Å². The fraction of sp³-hybridized carbons (Fsp3) is 0.455. The number of nitrogens with one attached hydrogen (secondary N) is 1. The van der Waals surface area contributed by atoms with Crippen LogP contribution in [0.2, 0.25) is 0 Å². The van der Waals surface area contributed by atoms with Crippen LogP contribution in [0.1, 0.15) is 42.5 Å². The van der Waals surface area contributed by atoms with Gasteiger partial charge in [-0.2, -0.15) is 9.97 Å². The first kappa shape index (κ1) is 29.8. The Morgan fingerprint density at radius 3 is 2.51 bits per heavy atom. The molecule has 1 saturated carbocycles. The van der Waals surface area contributed by atoms with E-state index in [1.807, 2.05) is 19.0 Å². The van der Waals surface area contributed by atoms with Crippen molar-refractivity contribution in [2.75, 3.05) is 65.4 Å². The lowest BCUT2D eigenvalue weighted by atomic mass is 9.73. The van der Waals surface area contributed by atoms with Gasteiger partial charge in [0.2, 0.25) is 0 Å². The van der Waals surface area contributed by atoms with Gasteiger partial charge in [-0.3, -0.25) is 4.31 Å². The Morgan fingerprint density at radius 2 is 1.89 bits per heavy atom. The number of piperidine rings is 1. The van der Waals surface area contributed by atoms with Gasteiger partial charge in [0.15, 0.2) is 10.7 Å². The minimum absolute atomic E-state index is 0.00558. The van der Waals surface area contributed by atoms with Gasteiger partial charge in [0.25, 0.3) is 10.0 Å². The third-order valence-electron chi connectivity index (χ3n) is 9.80. The summed E-state index contributed by atoms with van der Waals surface area (Å²) in [5, 5.41) is 14.8. The molecule has 0 unspecified atom stereocenters. The predicted molar refractivity (Wildman–Crippen MR) is 171 cm³/mol. The summed E-state index contributed by atoms with van der Waals surface area (Å²) >= 11 is 0. The van der Waals surface area contributed by atoms with E-state index in [1.165, 1.54) is 31.3 Å². The number of sulfonamides is 1. The fourth-order valence-electron chi connectivity index (χ4n) is 7.00. The molecule has 12 heteroatoms. The average Bonchev–Trinajstić information content (AvgIpc) is 3.75. The van der Waals surface area contributed by atoms with Crippen LogP contribution >= 0.6 is 0 Å². The highest BCUT2D eigenvalue weighted by molar-refractivity contribution is 7.89. The van der Waals surface area contributed by atoms with Crippen LogP contribution in [-0.2, 0) is 10.0 Å². The zero-order chi connectivity index (χ0) is 31.7. The Hall–Kier alpha value is -3.92. The van der Waals surface area contributed by atoms with E-state index >= 15 is 0 Å². The molecule has 1 spiro atoms. The third kappa shape index (κ3) is 5.07. The maximum absolute atomic E-state index is 14.9. The molecule has 1 aromatic heterocycles. The first-order valence-corrected chi connectivity index (χ1v) is 16.7. The summed E-state index contributed by atoms with van der Waals surface area (Å²) in [6, 6.07) is 5.74. The normalized spacial score (nSPS) is 20.8. The van der Waals surface area contributed by atoms with Crippen LogP contribution in [0.15, 0.2) is 29.2 Å². The lowest BCUT2D eigenvalue weighted by Crippen LogP contribution is -2.58. The highest BCUT2D eigenvalue weighted by Crippen LogP contribution is 2.47. The molecule has 3 aliphatic heterocycles. The van der Waals surface area contributed by atoms with Gasteiger partial charge >= 0.3 is 6.01 Å². The SMILES string of the molecule is C#Cc1c(F)ccc2cc(O)cc(C3=Cc4nc(OCC5(CN(C)C)CC5)nc(N5CCC6(CC5)CNC6)c4S(=O)(=O)N3C)c12. The average molecular weight is 633 g/mol. The van der Waals surface area contributed by atoms with Gasteiger partial charge in [-0.05, 0) is 74.9 Å². The van der Waals surface area contributed by atoms with Crippen LogP contribution in [-0.4, -0.2) is 93.2 Å². The predicted octanol–water partition coefficient (Wildman–Crippen LogP) is 3.50. The lowest BCUT2D eigenvalue weighted by Gasteiger charge is -2.48. The molecule has 4 heterocycles. The largest absolute Gasteiger partial charge is 0.508 e. The van der Waals surface area contributed by atoms with Gasteiger partial charge in [-0.1, -0.05) is 12.0 Å². The number of ether oxygens (including phenoxy) is 1. The summed E-state index contributed by atoms with van der Waals surface area (Å²) in [6.07, 6.45) is 11.3. The number of phenols is 1. The van der Waals surface area contributed by atoms with E-state index in [-0.39, 0.29) is 50.0 Å². The first-order chi connectivity index (χ1) is 21.4. The second kappa shape index (κ2) is 10.6. The third-order valence-corrected chi connectivity index (χ3v) is 11.6. The molecule has 4 aliphatic rings. The molecular weight excluding hydrogens is 595 g/mol. The van der Waals surface area contributed by atoms with E-state index in [9.17, 15) is 17.9 Å². The maximum atomic E-state index is 14.9. The Balaban J connectivity index is 1.38. The summed E-state index contributed by atoms with van der Waals surface area (Å²) < 4.78 is 51.1. The molecular formula is C33H37FN6O4S. The highest BCUT2D eigenvalue weighted by Gasteiger charge is 2.45. The van der Waals surface area contributed by atoms with Crippen molar-refractivity contribution in [3.8, 4) is 24.1 Å². The van der Waals surface area contributed by atoms with Crippen LogP contribution < -0.4 is 15.0 Å². The number of hydrogen-bond acceptors (Lipinski definition) is 9. The number of terminal acetylenes is 1. The molecule has 0 bridgehead atoms. The number of phenolic OH excluding ortho intramolecular Hbond substituents is 1. The quantitative estimate of drug-likeness (QED) is 0.378. The number of hydrogen-bond donors (Lipinski definition) is 2. The molecule has 0 radical (unpaired) electrons.